The molecule has 0 fully saturated rings. The summed E-state index contributed by atoms with van der Waals surface area (Å²) in [5.41, 5.74) is 6.36. The van der Waals surface area contributed by atoms with Crippen LogP contribution in [-0.4, -0.2) is 10.9 Å². The predicted octanol–water partition coefficient (Wildman–Crippen LogP) is 2.62. The maximum Gasteiger partial charge on any atom is 0.168 e. The summed E-state index contributed by atoms with van der Waals surface area (Å²) >= 11 is 6.48. The summed E-state index contributed by atoms with van der Waals surface area (Å²) in [7, 11) is 0. The second-order valence-electron chi connectivity index (χ2n) is 2.59. The standard InChI is InChI=1S/C10H12N2S2/c1-2-7-14-9-6-4-3-5-8(9)12-10(11)13/h2-6H,1,7H2,(H3,11,12,13). The van der Waals surface area contributed by atoms with Crippen LogP contribution in [-0.2, 0) is 0 Å². The van der Waals surface area contributed by atoms with E-state index in [2.05, 4.69) is 11.9 Å². The molecule has 0 spiro atoms. The quantitative estimate of drug-likeness (QED) is 0.468. The van der Waals surface area contributed by atoms with Gasteiger partial charge in [-0.05, 0) is 24.4 Å². The van der Waals surface area contributed by atoms with Gasteiger partial charge in [0.1, 0.15) is 0 Å². The third-order valence-electron chi connectivity index (χ3n) is 1.50. The van der Waals surface area contributed by atoms with Gasteiger partial charge < -0.3 is 11.1 Å². The van der Waals surface area contributed by atoms with E-state index in [-0.39, 0.29) is 5.11 Å². The summed E-state index contributed by atoms with van der Waals surface area (Å²) in [5.74, 6) is 0.871. The molecule has 0 radical (unpaired) electrons. The van der Waals surface area contributed by atoms with Gasteiger partial charge in [0.05, 0.1) is 5.69 Å². The van der Waals surface area contributed by atoms with Crippen molar-refractivity contribution in [3.05, 3.63) is 36.9 Å². The van der Waals surface area contributed by atoms with Gasteiger partial charge in [-0.3, -0.25) is 0 Å². The molecule has 4 heteroatoms. The number of nitrogens with one attached hydrogen (secondary N) is 1. The lowest BCUT2D eigenvalue weighted by Gasteiger charge is -2.08. The summed E-state index contributed by atoms with van der Waals surface area (Å²) in [6.45, 7) is 3.67. The molecule has 1 aromatic carbocycles. The largest absolute Gasteiger partial charge is 0.376 e. The van der Waals surface area contributed by atoms with Gasteiger partial charge in [0.25, 0.3) is 0 Å². The molecule has 0 atom stereocenters. The Bertz CT molecular complexity index is 337. The highest BCUT2D eigenvalue weighted by Crippen LogP contribution is 2.26. The molecule has 3 N–H and O–H groups in total. The molecule has 1 rings (SSSR count). The third kappa shape index (κ3) is 3.40. The molecule has 74 valence electrons. The third-order valence-corrected chi connectivity index (χ3v) is 2.67. The minimum absolute atomic E-state index is 0.289. The van der Waals surface area contributed by atoms with Crippen LogP contribution in [0.4, 0.5) is 5.69 Å². The topological polar surface area (TPSA) is 38.0 Å². The minimum atomic E-state index is 0.289. The Morgan fingerprint density at radius 2 is 2.29 bits per heavy atom. The van der Waals surface area contributed by atoms with Gasteiger partial charge in [-0.25, -0.2) is 0 Å². The van der Waals surface area contributed by atoms with Crippen LogP contribution < -0.4 is 11.1 Å². The van der Waals surface area contributed by atoms with Crippen molar-refractivity contribution in [3.8, 4) is 0 Å². The predicted molar refractivity (Wildman–Crippen MR) is 67.8 cm³/mol. The lowest BCUT2D eigenvalue weighted by molar-refractivity contribution is 1.43. The van der Waals surface area contributed by atoms with Crippen molar-refractivity contribution >= 4 is 34.8 Å². The fourth-order valence-electron chi connectivity index (χ4n) is 0.977. The number of nitrogens with two attached hydrogens (primary N) is 1. The van der Waals surface area contributed by atoms with Crippen LogP contribution in [0.15, 0.2) is 41.8 Å². The number of thioether (sulfide) groups is 1. The molecule has 2 nitrogen and oxygen atoms in total. The van der Waals surface area contributed by atoms with Crippen molar-refractivity contribution < 1.29 is 0 Å². The lowest BCUT2D eigenvalue weighted by Crippen LogP contribution is -2.19. The van der Waals surface area contributed by atoms with Crippen LogP contribution in [0.25, 0.3) is 0 Å². The molecule has 0 saturated heterocycles. The van der Waals surface area contributed by atoms with Crippen LogP contribution in [0.3, 0.4) is 0 Å². The van der Waals surface area contributed by atoms with Crippen LogP contribution in [0, 0.1) is 0 Å². The van der Waals surface area contributed by atoms with E-state index in [0.717, 1.165) is 16.3 Å². The maximum absolute atomic E-state index is 5.41. The normalized spacial score (nSPS) is 9.43. The Labute approximate surface area is 93.6 Å². The molecule has 0 aliphatic heterocycles. The molecule has 0 bridgehead atoms. The van der Waals surface area contributed by atoms with Crippen LogP contribution >= 0.6 is 24.0 Å². The summed E-state index contributed by atoms with van der Waals surface area (Å²) < 4.78 is 0. The van der Waals surface area contributed by atoms with E-state index in [1.165, 1.54) is 0 Å². The molecule has 0 amide bonds. The Morgan fingerprint density at radius 1 is 1.57 bits per heavy atom. The van der Waals surface area contributed by atoms with E-state index in [1.807, 2.05) is 30.3 Å². The van der Waals surface area contributed by atoms with Gasteiger partial charge >= 0.3 is 0 Å². The first-order chi connectivity index (χ1) is 6.74. The highest BCUT2D eigenvalue weighted by atomic mass is 32.2. The molecule has 0 unspecified atom stereocenters. The average molecular weight is 224 g/mol. The Morgan fingerprint density at radius 3 is 2.93 bits per heavy atom. The van der Waals surface area contributed by atoms with E-state index in [9.17, 15) is 0 Å². The van der Waals surface area contributed by atoms with E-state index in [0.29, 0.717) is 0 Å². The molecular weight excluding hydrogens is 212 g/mol. The molecule has 0 heterocycles. The second-order valence-corrected chi connectivity index (χ2v) is 4.09. The highest BCUT2D eigenvalue weighted by molar-refractivity contribution is 7.99. The minimum Gasteiger partial charge on any atom is -0.376 e. The SMILES string of the molecule is C=CCSc1ccccc1NC(N)=S. The number of hydrogen-bond acceptors (Lipinski definition) is 2. The molecule has 0 aromatic heterocycles. The smallest absolute Gasteiger partial charge is 0.168 e. The van der Waals surface area contributed by atoms with Crippen molar-refractivity contribution in [2.75, 3.05) is 11.1 Å². The summed E-state index contributed by atoms with van der Waals surface area (Å²) in [6.07, 6.45) is 1.86. The van der Waals surface area contributed by atoms with E-state index in [1.54, 1.807) is 11.8 Å². The summed E-state index contributed by atoms with van der Waals surface area (Å²) in [4.78, 5) is 1.13. The van der Waals surface area contributed by atoms with Crippen LogP contribution in [0.1, 0.15) is 0 Å². The van der Waals surface area contributed by atoms with Gasteiger partial charge in [0.2, 0.25) is 0 Å². The number of benzene rings is 1. The van der Waals surface area contributed by atoms with Gasteiger partial charge in [0, 0.05) is 10.6 Å². The maximum atomic E-state index is 5.41. The Balaban J connectivity index is 2.79. The number of anilines is 1. The first-order valence-electron chi connectivity index (χ1n) is 4.13. The highest BCUT2D eigenvalue weighted by Gasteiger charge is 2.00. The number of rotatable bonds is 4. The van der Waals surface area contributed by atoms with Gasteiger partial charge in [-0.1, -0.05) is 18.2 Å². The average Bonchev–Trinajstić information content (AvgIpc) is 2.16. The zero-order chi connectivity index (χ0) is 10.4. The second kappa shape index (κ2) is 5.67. The number of hydrogen-bond donors (Lipinski definition) is 2. The van der Waals surface area contributed by atoms with Crippen molar-refractivity contribution in [1.29, 1.82) is 0 Å². The van der Waals surface area contributed by atoms with Gasteiger partial charge in [0.15, 0.2) is 5.11 Å². The van der Waals surface area contributed by atoms with Crippen LogP contribution in [0.2, 0.25) is 0 Å². The van der Waals surface area contributed by atoms with Crippen molar-refractivity contribution in [2.45, 2.75) is 4.90 Å². The summed E-state index contributed by atoms with van der Waals surface area (Å²) in [6, 6.07) is 7.90. The molecular formula is C10H12N2S2. The van der Waals surface area contributed by atoms with Crippen molar-refractivity contribution in [1.82, 2.24) is 0 Å². The van der Waals surface area contributed by atoms with E-state index < -0.39 is 0 Å². The summed E-state index contributed by atoms with van der Waals surface area (Å²) in [5, 5.41) is 3.22. The molecule has 1 aromatic rings. The van der Waals surface area contributed by atoms with Gasteiger partial charge in [-0.15, -0.1) is 18.3 Å². The van der Waals surface area contributed by atoms with Crippen LogP contribution in [0.5, 0.6) is 0 Å². The molecule has 14 heavy (non-hydrogen) atoms. The Kier molecular flexibility index (Phi) is 4.49. The molecule has 0 saturated carbocycles. The fraction of sp³-hybridized carbons (Fsp3) is 0.100. The van der Waals surface area contributed by atoms with E-state index in [4.69, 9.17) is 18.0 Å². The van der Waals surface area contributed by atoms with Gasteiger partial charge in [-0.2, -0.15) is 0 Å². The first-order valence-corrected chi connectivity index (χ1v) is 5.52. The zero-order valence-corrected chi connectivity index (χ0v) is 9.33. The van der Waals surface area contributed by atoms with Crippen molar-refractivity contribution in [2.24, 2.45) is 5.73 Å². The Hall–Kier alpha value is -1.00. The number of para-hydroxylation sites is 1. The first kappa shape index (κ1) is 11.1. The lowest BCUT2D eigenvalue weighted by atomic mass is 10.3. The number of thiocarbonyl (C=S) groups is 1. The van der Waals surface area contributed by atoms with E-state index >= 15 is 0 Å². The monoisotopic (exact) mass is 224 g/mol. The molecule has 0 aliphatic rings. The van der Waals surface area contributed by atoms with Crippen molar-refractivity contribution in [3.63, 3.8) is 0 Å². The molecule has 0 aliphatic carbocycles. The zero-order valence-electron chi connectivity index (χ0n) is 7.69. The fourth-order valence-corrected chi connectivity index (χ4v) is 1.83.